The molecule has 0 spiro atoms. The number of hydrogen-bond acceptors (Lipinski definition) is 3. The first-order valence-electron chi connectivity index (χ1n) is 9.48. The Labute approximate surface area is 176 Å². The summed E-state index contributed by atoms with van der Waals surface area (Å²) in [6, 6.07) is 11.9. The molecular formula is C21H21ClF4N2O2. The number of nitrogens with zero attached hydrogens (tertiary/aromatic N) is 1. The zero-order valence-electron chi connectivity index (χ0n) is 16.0. The molecule has 1 aliphatic heterocycles. The third kappa shape index (κ3) is 6.34. The maximum atomic E-state index is 13.5. The highest BCUT2D eigenvalue weighted by molar-refractivity contribution is 6.30. The summed E-state index contributed by atoms with van der Waals surface area (Å²) < 4.78 is 58.3. The van der Waals surface area contributed by atoms with Crippen molar-refractivity contribution in [2.45, 2.75) is 31.0 Å². The molecular weight excluding hydrogens is 424 g/mol. The molecule has 1 N–H and O–H groups in total. The second-order valence-corrected chi connectivity index (χ2v) is 7.65. The number of hydrogen-bond donors (Lipinski definition) is 1. The highest BCUT2D eigenvalue weighted by Crippen LogP contribution is 2.30. The molecule has 0 radical (unpaired) electrons. The maximum absolute atomic E-state index is 13.5. The highest BCUT2D eigenvalue weighted by atomic mass is 35.5. The summed E-state index contributed by atoms with van der Waals surface area (Å²) in [4.78, 5) is 13.6. The van der Waals surface area contributed by atoms with E-state index in [0.717, 1.165) is 12.0 Å². The van der Waals surface area contributed by atoms with E-state index >= 15 is 0 Å². The van der Waals surface area contributed by atoms with E-state index in [4.69, 9.17) is 16.3 Å². The minimum Gasteiger partial charge on any atom is -0.435 e. The number of alkyl halides is 3. The number of nitrogens with one attached hydrogen (secondary N) is 1. The van der Waals surface area contributed by atoms with Gasteiger partial charge in [-0.05, 0) is 67.3 Å². The standard InChI is InChI=1S/C21H21ClF4N2O2/c22-16-5-9-18(10-6-16)27-20(29)30-19(21(24,25)26)13-28-11-1-2-15(12-28)14-3-7-17(23)8-4-14/h3-10,15,19H,1-2,11-13H2,(H,27,29)/t15?,19-/m0/s1. The van der Waals surface area contributed by atoms with Crippen LogP contribution in [0.1, 0.15) is 24.3 Å². The van der Waals surface area contributed by atoms with Crippen molar-refractivity contribution in [1.82, 2.24) is 4.90 Å². The molecule has 1 fully saturated rings. The van der Waals surface area contributed by atoms with Gasteiger partial charge in [0, 0.05) is 23.8 Å². The molecule has 0 bridgehead atoms. The summed E-state index contributed by atoms with van der Waals surface area (Å²) in [5, 5.41) is 2.71. The fraction of sp³-hybridized carbons (Fsp3) is 0.381. The Balaban J connectivity index is 1.61. The smallest absolute Gasteiger partial charge is 0.426 e. The number of carbonyl (C=O) groups excluding carboxylic acids is 1. The summed E-state index contributed by atoms with van der Waals surface area (Å²) in [7, 11) is 0. The number of anilines is 1. The molecule has 2 atom stereocenters. The minimum absolute atomic E-state index is 0.00359. The van der Waals surface area contributed by atoms with Crippen LogP contribution in [0.15, 0.2) is 48.5 Å². The van der Waals surface area contributed by atoms with Crippen LogP contribution >= 0.6 is 11.6 Å². The van der Waals surface area contributed by atoms with E-state index < -0.39 is 24.9 Å². The van der Waals surface area contributed by atoms with Crippen molar-refractivity contribution in [3.05, 3.63) is 64.9 Å². The summed E-state index contributed by atoms with van der Waals surface area (Å²) in [6.07, 6.45) is -6.66. The first kappa shape index (κ1) is 22.4. The van der Waals surface area contributed by atoms with Crippen LogP contribution in [0.3, 0.4) is 0 Å². The summed E-state index contributed by atoms with van der Waals surface area (Å²) in [5.74, 6) is -0.361. The molecule has 30 heavy (non-hydrogen) atoms. The number of benzene rings is 2. The monoisotopic (exact) mass is 444 g/mol. The molecule has 1 heterocycles. The number of likely N-dealkylation sites (tertiary alicyclic amines) is 1. The normalized spacial score (nSPS) is 18.6. The highest BCUT2D eigenvalue weighted by Gasteiger charge is 2.44. The molecule has 1 saturated heterocycles. The molecule has 9 heteroatoms. The van der Waals surface area contributed by atoms with Crippen molar-refractivity contribution in [1.29, 1.82) is 0 Å². The van der Waals surface area contributed by atoms with E-state index in [1.807, 2.05) is 0 Å². The Morgan fingerprint density at radius 2 is 1.83 bits per heavy atom. The van der Waals surface area contributed by atoms with Gasteiger partial charge in [-0.1, -0.05) is 23.7 Å². The quantitative estimate of drug-likeness (QED) is 0.589. The van der Waals surface area contributed by atoms with Crippen LogP contribution in [0.4, 0.5) is 28.0 Å². The van der Waals surface area contributed by atoms with Crippen LogP contribution in [-0.2, 0) is 4.74 Å². The number of rotatable bonds is 5. The van der Waals surface area contributed by atoms with Gasteiger partial charge in [0.15, 0.2) is 0 Å². The van der Waals surface area contributed by atoms with Crippen molar-refractivity contribution in [3.63, 3.8) is 0 Å². The molecule has 4 nitrogen and oxygen atoms in total. The number of piperidine rings is 1. The molecule has 162 valence electrons. The average Bonchev–Trinajstić information content (AvgIpc) is 2.69. The van der Waals surface area contributed by atoms with Gasteiger partial charge in [-0.2, -0.15) is 13.2 Å². The third-order valence-electron chi connectivity index (χ3n) is 4.98. The zero-order valence-corrected chi connectivity index (χ0v) is 16.7. The topological polar surface area (TPSA) is 41.6 Å². The van der Waals surface area contributed by atoms with Crippen molar-refractivity contribution >= 4 is 23.4 Å². The van der Waals surface area contributed by atoms with Crippen LogP contribution in [0, 0.1) is 5.82 Å². The third-order valence-corrected chi connectivity index (χ3v) is 5.23. The molecule has 1 unspecified atom stereocenters. The SMILES string of the molecule is O=C(Nc1ccc(Cl)cc1)O[C@@H](CN1CCCC(c2ccc(F)cc2)C1)C(F)(F)F. The largest absolute Gasteiger partial charge is 0.435 e. The van der Waals surface area contributed by atoms with Crippen molar-refractivity contribution in [2.24, 2.45) is 0 Å². The van der Waals surface area contributed by atoms with Crippen molar-refractivity contribution in [2.75, 3.05) is 25.0 Å². The van der Waals surface area contributed by atoms with E-state index in [0.29, 0.717) is 24.5 Å². The van der Waals surface area contributed by atoms with Gasteiger partial charge in [0.2, 0.25) is 6.10 Å². The van der Waals surface area contributed by atoms with Crippen LogP contribution in [0.5, 0.6) is 0 Å². The summed E-state index contributed by atoms with van der Waals surface area (Å²) >= 11 is 5.75. The first-order chi connectivity index (χ1) is 14.2. The lowest BCUT2D eigenvalue weighted by molar-refractivity contribution is -0.207. The fourth-order valence-corrected chi connectivity index (χ4v) is 3.61. The molecule has 2 aromatic rings. The average molecular weight is 445 g/mol. The van der Waals surface area contributed by atoms with Crippen LogP contribution in [-0.4, -0.2) is 42.9 Å². The van der Waals surface area contributed by atoms with Gasteiger partial charge in [0.05, 0.1) is 0 Å². The van der Waals surface area contributed by atoms with E-state index in [2.05, 4.69) is 5.32 Å². The fourth-order valence-electron chi connectivity index (χ4n) is 3.48. The van der Waals surface area contributed by atoms with Crippen molar-refractivity contribution < 1.29 is 27.1 Å². The van der Waals surface area contributed by atoms with Crippen LogP contribution < -0.4 is 5.32 Å². The zero-order chi connectivity index (χ0) is 21.7. The Bertz CT molecular complexity index is 844. The molecule has 1 aliphatic rings. The lowest BCUT2D eigenvalue weighted by atomic mass is 9.90. The number of carbonyl (C=O) groups is 1. The predicted molar refractivity (Wildman–Crippen MR) is 106 cm³/mol. The van der Waals surface area contributed by atoms with E-state index in [9.17, 15) is 22.4 Å². The van der Waals surface area contributed by atoms with Gasteiger partial charge in [-0.15, -0.1) is 0 Å². The van der Waals surface area contributed by atoms with Gasteiger partial charge in [-0.25, -0.2) is 9.18 Å². The van der Waals surface area contributed by atoms with Crippen LogP contribution in [0.25, 0.3) is 0 Å². The van der Waals surface area contributed by atoms with E-state index in [1.54, 1.807) is 17.0 Å². The minimum atomic E-state index is -4.71. The van der Waals surface area contributed by atoms with Gasteiger partial charge in [0.25, 0.3) is 0 Å². The Kier molecular flexibility index (Phi) is 7.20. The molecule has 0 aromatic heterocycles. The first-order valence-corrected chi connectivity index (χ1v) is 9.86. The number of amides is 1. The molecule has 0 saturated carbocycles. The van der Waals surface area contributed by atoms with Gasteiger partial charge in [-0.3, -0.25) is 10.2 Å². The Hall–Kier alpha value is -2.32. The molecule has 1 amide bonds. The number of halogens is 5. The van der Waals surface area contributed by atoms with Crippen LogP contribution in [0.2, 0.25) is 5.02 Å². The van der Waals surface area contributed by atoms with E-state index in [-0.39, 0.29) is 17.4 Å². The molecule has 3 rings (SSSR count). The van der Waals surface area contributed by atoms with Crippen molar-refractivity contribution in [3.8, 4) is 0 Å². The Morgan fingerprint density at radius 3 is 2.47 bits per heavy atom. The van der Waals surface area contributed by atoms with Gasteiger partial charge >= 0.3 is 12.3 Å². The second kappa shape index (κ2) is 9.66. The molecule has 2 aromatic carbocycles. The summed E-state index contributed by atoms with van der Waals surface area (Å²) in [5.41, 5.74) is 1.16. The Morgan fingerprint density at radius 1 is 1.17 bits per heavy atom. The molecule has 0 aliphatic carbocycles. The number of ether oxygens (including phenoxy) is 1. The predicted octanol–water partition coefficient (Wildman–Crippen LogP) is 5.84. The maximum Gasteiger partial charge on any atom is 0.426 e. The van der Waals surface area contributed by atoms with Gasteiger partial charge in [0.1, 0.15) is 5.82 Å². The lowest BCUT2D eigenvalue weighted by Crippen LogP contribution is -2.47. The van der Waals surface area contributed by atoms with Gasteiger partial charge < -0.3 is 4.74 Å². The van der Waals surface area contributed by atoms with E-state index in [1.165, 1.54) is 36.4 Å². The summed E-state index contributed by atoms with van der Waals surface area (Å²) in [6.45, 7) is 0.377. The second-order valence-electron chi connectivity index (χ2n) is 7.22. The lowest BCUT2D eigenvalue weighted by Gasteiger charge is -2.35.